The first kappa shape index (κ1) is 12.4. The molecule has 1 aromatic heterocycles. The van der Waals surface area contributed by atoms with Gasteiger partial charge in [0.1, 0.15) is 12.3 Å². The number of aromatic nitrogens is 2. The van der Waals surface area contributed by atoms with Crippen molar-refractivity contribution in [3.05, 3.63) is 33.2 Å². The van der Waals surface area contributed by atoms with E-state index in [2.05, 4.69) is 9.97 Å². The summed E-state index contributed by atoms with van der Waals surface area (Å²) in [5.41, 5.74) is -0.0746. The standard InChI is InChI=1S/C9H10ClN3O3/c1-3-4-5-16-8-7(13(14)15)6(2)11-9(10)12-8/h3-4H,5H2,1-2H3/b4-3+. The second-order valence-corrected chi connectivity index (χ2v) is 3.21. The Morgan fingerprint density at radius 3 is 2.81 bits per heavy atom. The summed E-state index contributed by atoms with van der Waals surface area (Å²) < 4.78 is 5.14. The number of nitro groups is 1. The fourth-order valence-corrected chi connectivity index (χ4v) is 1.25. The van der Waals surface area contributed by atoms with Gasteiger partial charge in [-0.25, -0.2) is 4.98 Å². The maximum Gasteiger partial charge on any atom is 0.352 e. The van der Waals surface area contributed by atoms with Gasteiger partial charge in [0, 0.05) is 0 Å². The van der Waals surface area contributed by atoms with Crippen LogP contribution < -0.4 is 4.74 Å². The van der Waals surface area contributed by atoms with Crippen LogP contribution in [0.3, 0.4) is 0 Å². The van der Waals surface area contributed by atoms with Gasteiger partial charge in [-0.05, 0) is 25.4 Å². The molecule has 86 valence electrons. The van der Waals surface area contributed by atoms with Crippen LogP contribution in [0.5, 0.6) is 5.88 Å². The van der Waals surface area contributed by atoms with E-state index in [1.54, 1.807) is 12.2 Å². The van der Waals surface area contributed by atoms with E-state index in [-0.39, 0.29) is 29.2 Å². The number of nitrogens with zero attached hydrogens (tertiary/aromatic N) is 3. The van der Waals surface area contributed by atoms with E-state index < -0.39 is 4.92 Å². The Balaban J connectivity index is 3.08. The van der Waals surface area contributed by atoms with Gasteiger partial charge in [-0.3, -0.25) is 10.1 Å². The van der Waals surface area contributed by atoms with Gasteiger partial charge < -0.3 is 4.74 Å². The Labute approximate surface area is 97.1 Å². The lowest BCUT2D eigenvalue weighted by atomic mass is 10.4. The van der Waals surface area contributed by atoms with Gasteiger partial charge in [0.15, 0.2) is 0 Å². The second-order valence-electron chi connectivity index (χ2n) is 2.87. The molecule has 0 unspecified atom stereocenters. The molecule has 0 spiro atoms. The molecule has 0 amide bonds. The molecule has 0 aliphatic heterocycles. The fraction of sp³-hybridized carbons (Fsp3) is 0.333. The number of ether oxygens (including phenoxy) is 1. The Hall–Kier alpha value is -1.69. The zero-order chi connectivity index (χ0) is 12.1. The highest BCUT2D eigenvalue weighted by molar-refractivity contribution is 6.28. The van der Waals surface area contributed by atoms with E-state index in [0.29, 0.717) is 0 Å². The molecule has 1 heterocycles. The minimum Gasteiger partial charge on any atom is -0.468 e. The second kappa shape index (κ2) is 5.41. The highest BCUT2D eigenvalue weighted by Crippen LogP contribution is 2.28. The summed E-state index contributed by atoms with van der Waals surface area (Å²) >= 11 is 5.60. The van der Waals surface area contributed by atoms with E-state index in [4.69, 9.17) is 16.3 Å². The number of hydrogen-bond donors (Lipinski definition) is 0. The van der Waals surface area contributed by atoms with Crippen LogP contribution in [0.15, 0.2) is 12.2 Å². The molecule has 0 aliphatic rings. The van der Waals surface area contributed by atoms with Gasteiger partial charge in [-0.2, -0.15) is 4.98 Å². The van der Waals surface area contributed by atoms with Crippen molar-refractivity contribution < 1.29 is 9.66 Å². The highest BCUT2D eigenvalue weighted by Gasteiger charge is 2.22. The van der Waals surface area contributed by atoms with E-state index in [1.807, 2.05) is 6.92 Å². The maximum absolute atomic E-state index is 10.8. The average Bonchev–Trinajstić information content (AvgIpc) is 2.16. The molecule has 0 saturated heterocycles. The molecule has 0 aliphatic carbocycles. The monoisotopic (exact) mass is 243 g/mol. The van der Waals surface area contributed by atoms with Crippen LogP contribution in [0.25, 0.3) is 0 Å². The minimum atomic E-state index is -0.587. The molecule has 0 saturated carbocycles. The number of allylic oxidation sites excluding steroid dienone is 1. The van der Waals surface area contributed by atoms with Gasteiger partial charge in [0.25, 0.3) is 5.88 Å². The van der Waals surface area contributed by atoms with Gasteiger partial charge in [-0.1, -0.05) is 12.2 Å². The smallest absolute Gasteiger partial charge is 0.352 e. The molecule has 16 heavy (non-hydrogen) atoms. The number of halogens is 1. The number of aryl methyl sites for hydroxylation is 1. The Morgan fingerprint density at radius 2 is 2.25 bits per heavy atom. The Bertz CT molecular complexity index is 434. The fourth-order valence-electron chi connectivity index (χ4n) is 1.04. The van der Waals surface area contributed by atoms with Crippen LogP contribution in [-0.4, -0.2) is 21.5 Å². The first-order valence-corrected chi connectivity index (χ1v) is 4.86. The van der Waals surface area contributed by atoms with Crippen molar-refractivity contribution in [2.45, 2.75) is 13.8 Å². The molecule has 0 atom stereocenters. The van der Waals surface area contributed by atoms with Gasteiger partial charge in [-0.15, -0.1) is 0 Å². The Kier molecular flexibility index (Phi) is 4.19. The molecule has 7 heteroatoms. The molecule has 1 aromatic rings. The minimum absolute atomic E-state index is 0.0708. The largest absolute Gasteiger partial charge is 0.468 e. The SMILES string of the molecule is C/C=C/COc1nc(Cl)nc(C)c1[N+](=O)[O-]. The number of hydrogen-bond acceptors (Lipinski definition) is 5. The zero-order valence-electron chi connectivity index (χ0n) is 8.81. The molecule has 1 rings (SSSR count). The van der Waals surface area contributed by atoms with E-state index in [9.17, 15) is 10.1 Å². The summed E-state index contributed by atoms with van der Waals surface area (Å²) in [5, 5.41) is 10.7. The van der Waals surface area contributed by atoms with Crippen molar-refractivity contribution in [3.63, 3.8) is 0 Å². The predicted octanol–water partition coefficient (Wildman–Crippen LogP) is 2.30. The first-order valence-electron chi connectivity index (χ1n) is 4.48. The van der Waals surface area contributed by atoms with Crippen LogP contribution >= 0.6 is 11.6 Å². The summed E-state index contributed by atoms with van der Waals surface area (Å²) in [7, 11) is 0. The number of rotatable bonds is 4. The third kappa shape index (κ3) is 2.90. The molecule has 0 fully saturated rings. The lowest BCUT2D eigenvalue weighted by Gasteiger charge is -2.04. The zero-order valence-corrected chi connectivity index (χ0v) is 9.56. The van der Waals surface area contributed by atoms with Gasteiger partial charge >= 0.3 is 5.69 Å². The molecule has 0 aromatic carbocycles. The van der Waals surface area contributed by atoms with Crippen LogP contribution in [0.1, 0.15) is 12.6 Å². The third-order valence-corrected chi connectivity index (χ3v) is 1.90. The van der Waals surface area contributed by atoms with Crippen molar-refractivity contribution >= 4 is 17.3 Å². The van der Waals surface area contributed by atoms with Crippen LogP contribution in [-0.2, 0) is 0 Å². The molecular formula is C9H10ClN3O3. The van der Waals surface area contributed by atoms with E-state index in [0.717, 1.165) is 0 Å². The molecule has 0 bridgehead atoms. The summed E-state index contributed by atoms with van der Waals surface area (Å²) in [5.74, 6) is -0.111. The third-order valence-electron chi connectivity index (χ3n) is 1.73. The normalized spacial score (nSPS) is 10.7. The van der Waals surface area contributed by atoms with Crippen molar-refractivity contribution in [1.82, 2.24) is 9.97 Å². The van der Waals surface area contributed by atoms with Crippen LogP contribution in [0.4, 0.5) is 5.69 Å². The van der Waals surface area contributed by atoms with Gasteiger partial charge in [0.05, 0.1) is 4.92 Å². The molecular weight excluding hydrogens is 234 g/mol. The lowest BCUT2D eigenvalue weighted by molar-refractivity contribution is -0.387. The van der Waals surface area contributed by atoms with E-state index in [1.165, 1.54) is 6.92 Å². The summed E-state index contributed by atoms with van der Waals surface area (Å²) in [4.78, 5) is 17.6. The maximum atomic E-state index is 10.8. The highest BCUT2D eigenvalue weighted by atomic mass is 35.5. The molecule has 0 radical (unpaired) electrons. The van der Waals surface area contributed by atoms with E-state index >= 15 is 0 Å². The predicted molar refractivity (Wildman–Crippen MR) is 58.7 cm³/mol. The van der Waals surface area contributed by atoms with Crippen molar-refractivity contribution in [3.8, 4) is 5.88 Å². The van der Waals surface area contributed by atoms with Crippen LogP contribution in [0.2, 0.25) is 5.28 Å². The van der Waals surface area contributed by atoms with Crippen molar-refractivity contribution in [1.29, 1.82) is 0 Å². The summed E-state index contributed by atoms with van der Waals surface area (Å²) in [6.07, 6.45) is 3.47. The average molecular weight is 244 g/mol. The lowest BCUT2D eigenvalue weighted by Crippen LogP contribution is -2.04. The molecule has 6 nitrogen and oxygen atoms in total. The quantitative estimate of drug-likeness (QED) is 0.351. The summed E-state index contributed by atoms with van der Waals surface area (Å²) in [6, 6.07) is 0. The van der Waals surface area contributed by atoms with Crippen LogP contribution in [0, 0.1) is 17.0 Å². The van der Waals surface area contributed by atoms with Crippen molar-refractivity contribution in [2.24, 2.45) is 0 Å². The van der Waals surface area contributed by atoms with Crippen molar-refractivity contribution in [2.75, 3.05) is 6.61 Å². The topological polar surface area (TPSA) is 78.2 Å². The Morgan fingerprint density at radius 1 is 1.56 bits per heavy atom. The van der Waals surface area contributed by atoms with Gasteiger partial charge in [0.2, 0.25) is 5.28 Å². The first-order chi connectivity index (χ1) is 7.56. The summed E-state index contributed by atoms with van der Waals surface area (Å²) in [6.45, 7) is 3.49. The molecule has 0 N–H and O–H groups in total.